The molecule has 7 nitrogen and oxygen atoms in total. The lowest BCUT2D eigenvalue weighted by atomic mass is 10.1. The molecule has 1 aliphatic rings. The highest BCUT2D eigenvalue weighted by Gasteiger charge is 2.57. The second-order valence-electron chi connectivity index (χ2n) is 4.52. The summed E-state index contributed by atoms with van der Waals surface area (Å²) in [6, 6.07) is 8.90. The summed E-state index contributed by atoms with van der Waals surface area (Å²) in [5.41, 5.74) is 0.764. The van der Waals surface area contributed by atoms with Crippen LogP contribution in [0.3, 0.4) is 0 Å². The minimum Gasteiger partial charge on any atom is -0.366 e. The van der Waals surface area contributed by atoms with Gasteiger partial charge in [0.05, 0.1) is 13.0 Å². The Bertz CT molecular complexity index is 417. The van der Waals surface area contributed by atoms with Crippen molar-refractivity contribution in [1.29, 1.82) is 0 Å². The van der Waals surface area contributed by atoms with E-state index in [9.17, 15) is 25.5 Å². The third-order valence-electron chi connectivity index (χ3n) is 2.78. The van der Waals surface area contributed by atoms with Gasteiger partial charge in [-0.05, 0) is 5.56 Å². The van der Waals surface area contributed by atoms with Gasteiger partial charge in [0.25, 0.3) is 5.97 Å². The molecule has 0 aromatic heterocycles. The predicted octanol–water partition coefficient (Wildman–Crippen LogP) is -1.37. The highest BCUT2D eigenvalue weighted by Crippen LogP contribution is 2.35. The van der Waals surface area contributed by atoms with Crippen molar-refractivity contribution in [3.63, 3.8) is 0 Å². The average Bonchev–Trinajstić information content (AvgIpc) is 2.56. The van der Waals surface area contributed by atoms with Gasteiger partial charge in [0, 0.05) is 0 Å². The van der Waals surface area contributed by atoms with Crippen LogP contribution in [0.2, 0.25) is 0 Å². The van der Waals surface area contributed by atoms with E-state index in [1.165, 1.54) is 0 Å². The number of aliphatic hydroxyl groups excluding tert-OH is 1. The number of hydrogen-bond donors (Lipinski definition) is 5. The molecule has 1 aliphatic heterocycles. The highest BCUT2D eigenvalue weighted by atomic mass is 16.8. The van der Waals surface area contributed by atoms with Crippen LogP contribution >= 0.6 is 0 Å². The fourth-order valence-electron chi connectivity index (χ4n) is 1.91. The quantitative estimate of drug-likeness (QED) is 0.429. The van der Waals surface area contributed by atoms with E-state index in [1.807, 2.05) is 6.07 Å². The van der Waals surface area contributed by atoms with E-state index < -0.39 is 30.6 Å². The average molecular weight is 272 g/mol. The van der Waals surface area contributed by atoms with E-state index in [2.05, 4.69) is 4.74 Å². The van der Waals surface area contributed by atoms with Crippen LogP contribution in [0.15, 0.2) is 30.3 Å². The Kier molecular flexibility index (Phi) is 3.88. The van der Waals surface area contributed by atoms with E-state index in [4.69, 9.17) is 4.74 Å². The molecule has 1 aromatic rings. The second-order valence-corrected chi connectivity index (χ2v) is 4.52. The Morgan fingerprint density at radius 1 is 1.21 bits per heavy atom. The molecular weight excluding hydrogens is 256 g/mol. The lowest BCUT2D eigenvalue weighted by Crippen LogP contribution is -2.46. The maximum Gasteiger partial charge on any atom is 0.283 e. The van der Waals surface area contributed by atoms with Gasteiger partial charge in [-0.15, -0.1) is 0 Å². The maximum absolute atomic E-state index is 9.69. The molecule has 5 N–H and O–H groups in total. The second kappa shape index (κ2) is 5.14. The summed E-state index contributed by atoms with van der Waals surface area (Å²) in [5.74, 6) is -5.29. The van der Waals surface area contributed by atoms with Crippen molar-refractivity contribution in [2.45, 2.75) is 37.2 Å². The fraction of sp³-hybridized carbons (Fsp3) is 0.500. The van der Waals surface area contributed by atoms with Gasteiger partial charge in [0.15, 0.2) is 12.4 Å². The molecule has 0 bridgehead atoms. The van der Waals surface area contributed by atoms with Crippen molar-refractivity contribution in [2.75, 3.05) is 0 Å². The molecule has 1 fully saturated rings. The van der Waals surface area contributed by atoms with Crippen LogP contribution in [0.25, 0.3) is 0 Å². The number of rotatable bonds is 4. The van der Waals surface area contributed by atoms with Gasteiger partial charge in [-0.3, -0.25) is 0 Å². The molecule has 1 heterocycles. The zero-order chi connectivity index (χ0) is 14.1. The smallest absolute Gasteiger partial charge is 0.283 e. The minimum atomic E-state index is -2.70. The molecule has 0 aliphatic carbocycles. The number of benzene rings is 1. The van der Waals surface area contributed by atoms with Gasteiger partial charge in [-0.2, -0.15) is 0 Å². The first-order valence-corrected chi connectivity index (χ1v) is 5.71. The SMILES string of the molecule is OC(OCc1ccccc1)[C@H]1OC(O)(O)CC1(O)O. The molecule has 0 spiro atoms. The van der Waals surface area contributed by atoms with Crippen LogP contribution in [-0.2, 0) is 16.1 Å². The fourth-order valence-corrected chi connectivity index (χ4v) is 1.91. The van der Waals surface area contributed by atoms with Gasteiger partial charge in [0.2, 0.25) is 5.79 Å². The Morgan fingerprint density at radius 2 is 1.84 bits per heavy atom. The Morgan fingerprint density at radius 3 is 2.37 bits per heavy atom. The first-order valence-electron chi connectivity index (χ1n) is 5.71. The third-order valence-corrected chi connectivity index (χ3v) is 2.78. The lowest BCUT2D eigenvalue weighted by molar-refractivity contribution is -0.347. The molecule has 19 heavy (non-hydrogen) atoms. The zero-order valence-electron chi connectivity index (χ0n) is 10.0. The van der Waals surface area contributed by atoms with Crippen LogP contribution in [0.5, 0.6) is 0 Å². The monoisotopic (exact) mass is 272 g/mol. The summed E-state index contributed by atoms with van der Waals surface area (Å²) < 4.78 is 9.58. The molecule has 1 aromatic carbocycles. The minimum absolute atomic E-state index is 0.0157. The summed E-state index contributed by atoms with van der Waals surface area (Å²) >= 11 is 0. The summed E-state index contributed by atoms with van der Waals surface area (Å²) in [7, 11) is 0. The number of ether oxygens (including phenoxy) is 2. The Balaban J connectivity index is 1.95. The standard InChI is InChI=1S/C12H16O7/c13-10(18-6-8-4-2-1-3-5-8)9-11(14,15)7-12(16,17)19-9/h1-5,9-10,13-17H,6-7H2/t9-,10?/m1/s1. The summed E-state index contributed by atoms with van der Waals surface area (Å²) in [4.78, 5) is 0. The van der Waals surface area contributed by atoms with Gasteiger partial charge in [0.1, 0.15) is 0 Å². The Hall–Kier alpha value is -1.06. The number of hydrogen-bond acceptors (Lipinski definition) is 7. The largest absolute Gasteiger partial charge is 0.366 e. The van der Waals surface area contributed by atoms with Crippen LogP contribution in [0.1, 0.15) is 12.0 Å². The molecule has 106 valence electrons. The Labute approximate surface area is 109 Å². The molecule has 0 saturated carbocycles. The molecule has 0 amide bonds. The van der Waals surface area contributed by atoms with Crippen molar-refractivity contribution < 1.29 is 35.0 Å². The van der Waals surface area contributed by atoms with E-state index >= 15 is 0 Å². The highest BCUT2D eigenvalue weighted by molar-refractivity contribution is 5.13. The molecule has 7 heteroatoms. The topological polar surface area (TPSA) is 120 Å². The van der Waals surface area contributed by atoms with Crippen molar-refractivity contribution in [2.24, 2.45) is 0 Å². The van der Waals surface area contributed by atoms with E-state index in [-0.39, 0.29) is 6.61 Å². The lowest BCUT2D eigenvalue weighted by Gasteiger charge is -2.26. The molecule has 2 rings (SSSR count). The first kappa shape index (κ1) is 14.4. The van der Waals surface area contributed by atoms with Crippen molar-refractivity contribution in [1.82, 2.24) is 0 Å². The van der Waals surface area contributed by atoms with Gasteiger partial charge in [-0.25, -0.2) is 0 Å². The first-order chi connectivity index (χ1) is 8.80. The summed E-state index contributed by atoms with van der Waals surface area (Å²) in [6.07, 6.45) is -4.25. The zero-order valence-corrected chi connectivity index (χ0v) is 10.0. The predicted molar refractivity (Wildman–Crippen MR) is 61.1 cm³/mol. The molecule has 1 saturated heterocycles. The van der Waals surface area contributed by atoms with Crippen LogP contribution in [0.4, 0.5) is 0 Å². The normalized spacial score (nSPS) is 26.3. The van der Waals surface area contributed by atoms with Crippen molar-refractivity contribution >= 4 is 0 Å². The summed E-state index contributed by atoms with van der Waals surface area (Å²) in [5, 5.41) is 47.1. The molecule has 2 atom stereocenters. The van der Waals surface area contributed by atoms with Crippen LogP contribution < -0.4 is 0 Å². The van der Waals surface area contributed by atoms with E-state index in [1.54, 1.807) is 24.3 Å². The van der Waals surface area contributed by atoms with Crippen LogP contribution in [0, 0.1) is 0 Å². The van der Waals surface area contributed by atoms with E-state index in [0.29, 0.717) is 0 Å². The number of aliphatic hydroxyl groups is 5. The third kappa shape index (κ3) is 3.48. The van der Waals surface area contributed by atoms with Gasteiger partial charge in [-0.1, -0.05) is 30.3 Å². The van der Waals surface area contributed by atoms with Crippen molar-refractivity contribution in [3.8, 4) is 0 Å². The van der Waals surface area contributed by atoms with E-state index in [0.717, 1.165) is 5.56 Å². The maximum atomic E-state index is 9.69. The molecular formula is C12H16O7. The van der Waals surface area contributed by atoms with Crippen LogP contribution in [-0.4, -0.2) is 49.7 Å². The molecule has 1 unspecified atom stereocenters. The summed E-state index contributed by atoms with van der Waals surface area (Å²) in [6.45, 7) is 0.0157. The van der Waals surface area contributed by atoms with Gasteiger partial charge < -0.3 is 35.0 Å². The van der Waals surface area contributed by atoms with Crippen molar-refractivity contribution in [3.05, 3.63) is 35.9 Å². The molecule has 0 radical (unpaired) electrons. The van der Waals surface area contributed by atoms with Gasteiger partial charge >= 0.3 is 0 Å².